The van der Waals surface area contributed by atoms with Crippen molar-refractivity contribution >= 4 is 28.2 Å². The van der Waals surface area contributed by atoms with Gasteiger partial charge in [0.05, 0.1) is 22.4 Å². The van der Waals surface area contributed by atoms with Gasteiger partial charge in [-0.1, -0.05) is 17.7 Å². The zero-order chi connectivity index (χ0) is 12.5. The minimum atomic E-state index is 0.639. The summed E-state index contributed by atoms with van der Waals surface area (Å²) in [6.45, 7) is 0. The molecule has 0 radical (unpaired) electrons. The van der Waals surface area contributed by atoms with Crippen LogP contribution in [0.15, 0.2) is 48.8 Å². The minimum absolute atomic E-state index is 0.639. The van der Waals surface area contributed by atoms with Gasteiger partial charge in [-0.15, -0.1) is 0 Å². The van der Waals surface area contributed by atoms with Gasteiger partial charge in [0.15, 0.2) is 0 Å². The summed E-state index contributed by atoms with van der Waals surface area (Å²) < 4.78 is 0. The van der Waals surface area contributed by atoms with Crippen LogP contribution in [0.5, 0.6) is 0 Å². The third-order valence-electron chi connectivity index (χ3n) is 2.76. The van der Waals surface area contributed by atoms with Crippen LogP contribution in [0.1, 0.15) is 0 Å². The van der Waals surface area contributed by atoms with E-state index in [1.807, 2.05) is 24.3 Å². The first-order chi connectivity index (χ1) is 8.74. The van der Waals surface area contributed by atoms with Gasteiger partial charge in [0.1, 0.15) is 0 Å². The lowest BCUT2D eigenvalue weighted by Gasteiger charge is -2.06. The summed E-state index contributed by atoms with van der Waals surface area (Å²) in [6, 6.07) is 11.2. The molecule has 0 spiro atoms. The summed E-state index contributed by atoms with van der Waals surface area (Å²) in [5.74, 6) is 0. The summed E-state index contributed by atoms with van der Waals surface area (Å²) in [6.07, 6.45) is 3.48. The van der Waals surface area contributed by atoms with Crippen LogP contribution < -0.4 is 5.73 Å². The number of benzene rings is 1. The molecule has 0 saturated heterocycles. The van der Waals surface area contributed by atoms with Crippen LogP contribution in [0.25, 0.3) is 22.2 Å². The standard InChI is InChI=1S/C14H10ClN3/c15-12-3-2-10(16)7-11(12)13-4-1-9-5-6-17-8-14(9)18-13/h1-8H,16H2. The maximum Gasteiger partial charge on any atom is 0.0892 e. The number of fused-ring (bicyclic) bond motifs is 1. The fraction of sp³-hybridized carbons (Fsp3) is 0. The van der Waals surface area contributed by atoms with Crippen molar-refractivity contribution in [3.05, 3.63) is 53.8 Å². The Hall–Kier alpha value is -2.13. The zero-order valence-corrected chi connectivity index (χ0v) is 10.2. The quantitative estimate of drug-likeness (QED) is 0.677. The molecule has 3 nitrogen and oxygen atoms in total. The third-order valence-corrected chi connectivity index (χ3v) is 3.09. The van der Waals surface area contributed by atoms with E-state index in [2.05, 4.69) is 9.97 Å². The van der Waals surface area contributed by atoms with E-state index in [9.17, 15) is 0 Å². The predicted molar refractivity (Wildman–Crippen MR) is 74.4 cm³/mol. The van der Waals surface area contributed by atoms with Gasteiger partial charge >= 0.3 is 0 Å². The number of nitrogens with zero attached hydrogens (tertiary/aromatic N) is 2. The summed E-state index contributed by atoms with van der Waals surface area (Å²) in [4.78, 5) is 8.61. The van der Waals surface area contributed by atoms with Gasteiger partial charge in [-0.2, -0.15) is 0 Å². The number of aromatic nitrogens is 2. The Balaban J connectivity index is 2.22. The highest BCUT2D eigenvalue weighted by Gasteiger charge is 2.06. The number of halogens is 1. The molecule has 2 N–H and O–H groups in total. The average molecular weight is 256 g/mol. The predicted octanol–water partition coefficient (Wildman–Crippen LogP) is 3.53. The molecule has 0 fully saturated rings. The summed E-state index contributed by atoms with van der Waals surface area (Å²) >= 11 is 6.17. The van der Waals surface area contributed by atoms with E-state index < -0.39 is 0 Å². The minimum Gasteiger partial charge on any atom is -0.399 e. The van der Waals surface area contributed by atoms with Gasteiger partial charge in [-0.25, -0.2) is 4.98 Å². The summed E-state index contributed by atoms with van der Waals surface area (Å²) in [5, 5.41) is 1.69. The van der Waals surface area contributed by atoms with E-state index in [0.717, 1.165) is 22.2 Å². The number of hydrogen-bond donors (Lipinski definition) is 1. The van der Waals surface area contributed by atoms with Crippen molar-refractivity contribution in [3.63, 3.8) is 0 Å². The second kappa shape index (κ2) is 4.27. The molecule has 3 aromatic rings. The molecule has 3 rings (SSSR count). The second-order valence-electron chi connectivity index (χ2n) is 4.00. The van der Waals surface area contributed by atoms with Crippen LogP contribution in [0.3, 0.4) is 0 Å². The number of anilines is 1. The first-order valence-electron chi connectivity index (χ1n) is 5.50. The largest absolute Gasteiger partial charge is 0.399 e. The van der Waals surface area contributed by atoms with Crippen molar-refractivity contribution in [3.8, 4) is 11.3 Å². The van der Waals surface area contributed by atoms with Gasteiger partial charge in [0.25, 0.3) is 0 Å². The topological polar surface area (TPSA) is 51.8 Å². The normalized spacial score (nSPS) is 10.7. The SMILES string of the molecule is Nc1ccc(Cl)c(-c2ccc3ccncc3n2)c1. The van der Waals surface area contributed by atoms with Crippen molar-refractivity contribution in [2.45, 2.75) is 0 Å². The molecule has 0 saturated carbocycles. The molecule has 0 amide bonds. The molecule has 0 aliphatic rings. The van der Waals surface area contributed by atoms with Gasteiger partial charge < -0.3 is 5.73 Å². The first kappa shape index (κ1) is 11.0. The number of hydrogen-bond acceptors (Lipinski definition) is 3. The van der Waals surface area contributed by atoms with Crippen molar-refractivity contribution in [2.24, 2.45) is 0 Å². The molecular formula is C14H10ClN3. The van der Waals surface area contributed by atoms with Crippen LogP contribution in [0.2, 0.25) is 5.02 Å². The average Bonchev–Trinajstić information content (AvgIpc) is 2.41. The molecule has 18 heavy (non-hydrogen) atoms. The van der Waals surface area contributed by atoms with Crippen LogP contribution >= 0.6 is 11.6 Å². The number of nitrogens with two attached hydrogens (primary N) is 1. The van der Waals surface area contributed by atoms with E-state index in [1.54, 1.807) is 24.5 Å². The first-order valence-corrected chi connectivity index (χ1v) is 5.88. The van der Waals surface area contributed by atoms with E-state index in [1.165, 1.54) is 0 Å². The molecule has 88 valence electrons. The molecule has 0 aliphatic carbocycles. The van der Waals surface area contributed by atoms with Crippen molar-refractivity contribution in [1.82, 2.24) is 9.97 Å². The van der Waals surface area contributed by atoms with Crippen molar-refractivity contribution in [1.29, 1.82) is 0 Å². The highest BCUT2D eigenvalue weighted by Crippen LogP contribution is 2.29. The van der Waals surface area contributed by atoms with E-state index >= 15 is 0 Å². The smallest absolute Gasteiger partial charge is 0.0892 e. The molecule has 4 heteroatoms. The van der Waals surface area contributed by atoms with Gasteiger partial charge in [0.2, 0.25) is 0 Å². The summed E-state index contributed by atoms with van der Waals surface area (Å²) in [7, 11) is 0. The fourth-order valence-electron chi connectivity index (χ4n) is 1.86. The van der Waals surface area contributed by atoms with Crippen LogP contribution in [0.4, 0.5) is 5.69 Å². The number of nitrogen functional groups attached to an aromatic ring is 1. The lowest BCUT2D eigenvalue weighted by molar-refractivity contribution is 1.31. The Labute approximate surface area is 109 Å². The monoisotopic (exact) mass is 255 g/mol. The fourth-order valence-corrected chi connectivity index (χ4v) is 2.07. The lowest BCUT2D eigenvalue weighted by atomic mass is 10.1. The molecule has 1 aromatic carbocycles. The van der Waals surface area contributed by atoms with Crippen LogP contribution in [-0.4, -0.2) is 9.97 Å². The van der Waals surface area contributed by atoms with E-state index in [0.29, 0.717) is 10.7 Å². The maximum atomic E-state index is 6.17. The maximum absolute atomic E-state index is 6.17. The van der Waals surface area contributed by atoms with E-state index in [4.69, 9.17) is 17.3 Å². The molecule has 0 unspecified atom stereocenters. The molecule has 2 aromatic heterocycles. The van der Waals surface area contributed by atoms with Gasteiger partial charge in [-0.05, 0) is 30.3 Å². The molecular weight excluding hydrogens is 246 g/mol. The number of pyridine rings is 2. The molecule has 0 bridgehead atoms. The van der Waals surface area contributed by atoms with Gasteiger partial charge in [-0.3, -0.25) is 4.98 Å². The zero-order valence-electron chi connectivity index (χ0n) is 9.47. The lowest BCUT2D eigenvalue weighted by Crippen LogP contribution is -1.90. The van der Waals surface area contributed by atoms with Gasteiger partial charge in [0, 0.05) is 22.8 Å². The van der Waals surface area contributed by atoms with E-state index in [-0.39, 0.29) is 0 Å². The Morgan fingerprint density at radius 2 is 1.94 bits per heavy atom. The summed E-state index contributed by atoms with van der Waals surface area (Å²) in [5.41, 5.74) is 8.92. The Morgan fingerprint density at radius 3 is 2.83 bits per heavy atom. The third kappa shape index (κ3) is 1.89. The molecule has 2 heterocycles. The van der Waals surface area contributed by atoms with Crippen molar-refractivity contribution in [2.75, 3.05) is 5.73 Å². The number of rotatable bonds is 1. The highest BCUT2D eigenvalue weighted by molar-refractivity contribution is 6.33. The molecule has 0 aliphatic heterocycles. The van der Waals surface area contributed by atoms with Crippen LogP contribution in [0, 0.1) is 0 Å². The molecule has 0 atom stereocenters. The van der Waals surface area contributed by atoms with Crippen molar-refractivity contribution < 1.29 is 0 Å². The van der Waals surface area contributed by atoms with Crippen LogP contribution in [-0.2, 0) is 0 Å². The Morgan fingerprint density at radius 1 is 1.06 bits per heavy atom. The Bertz CT molecular complexity index is 725. The Kier molecular flexibility index (Phi) is 2.61. The second-order valence-corrected chi connectivity index (χ2v) is 4.41. The highest BCUT2D eigenvalue weighted by atomic mass is 35.5.